The van der Waals surface area contributed by atoms with Crippen molar-refractivity contribution in [3.05, 3.63) is 85.4 Å². The maximum absolute atomic E-state index is 12.8. The molecule has 0 aliphatic carbocycles. The van der Waals surface area contributed by atoms with Crippen LogP contribution in [-0.2, 0) is 11.3 Å². The van der Waals surface area contributed by atoms with Crippen LogP contribution < -0.4 is 15.6 Å². The van der Waals surface area contributed by atoms with Crippen LogP contribution in [0.15, 0.2) is 79.5 Å². The van der Waals surface area contributed by atoms with E-state index in [1.165, 1.54) is 0 Å². The molecule has 156 valence electrons. The van der Waals surface area contributed by atoms with Crippen molar-refractivity contribution in [2.45, 2.75) is 6.54 Å². The molecule has 0 aliphatic rings. The summed E-state index contributed by atoms with van der Waals surface area (Å²) in [7, 11) is 1.59. The summed E-state index contributed by atoms with van der Waals surface area (Å²) >= 11 is 6.88. The maximum atomic E-state index is 12.8. The zero-order valence-corrected chi connectivity index (χ0v) is 19.6. The standard InChI is InChI=1S/C23H17Br2N3O3/c1-31-23-17(24)10-14(11-18(23)25)12-26-27-21(29)13-28-19-8-4-2-6-15(19)22(30)16-7-3-5-9-20(16)28/h2-12H,13H2,1H3,(H,27,29)/b26-12+. The van der Waals surface area contributed by atoms with Gasteiger partial charge in [0.25, 0.3) is 5.91 Å². The lowest BCUT2D eigenvalue weighted by molar-refractivity contribution is -0.121. The zero-order chi connectivity index (χ0) is 22.0. The minimum Gasteiger partial charge on any atom is -0.494 e. The van der Waals surface area contributed by atoms with Gasteiger partial charge in [0, 0.05) is 10.8 Å². The van der Waals surface area contributed by atoms with Crippen LogP contribution in [0.1, 0.15) is 5.56 Å². The largest absolute Gasteiger partial charge is 0.494 e. The van der Waals surface area contributed by atoms with Crippen molar-refractivity contribution in [2.75, 3.05) is 7.11 Å². The van der Waals surface area contributed by atoms with Crippen LogP contribution in [0.4, 0.5) is 0 Å². The Labute approximate surface area is 194 Å². The lowest BCUT2D eigenvalue weighted by Gasteiger charge is -2.14. The Bertz CT molecular complexity index is 1310. The van der Waals surface area contributed by atoms with Crippen molar-refractivity contribution in [1.29, 1.82) is 0 Å². The van der Waals surface area contributed by atoms with Crippen molar-refractivity contribution < 1.29 is 9.53 Å². The van der Waals surface area contributed by atoms with Crippen LogP contribution in [-0.4, -0.2) is 23.8 Å². The average molecular weight is 543 g/mol. The number of aromatic nitrogens is 1. The number of ether oxygens (including phenoxy) is 1. The highest BCUT2D eigenvalue weighted by molar-refractivity contribution is 9.11. The van der Waals surface area contributed by atoms with Crippen molar-refractivity contribution in [2.24, 2.45) is 5.10 Å². The van der Waals surface area contributed by atoms with E-state index in [0.29, 0.717) is 27.6 Å². The van der Waals surface area contributed by atoms with E-state index in [1.807, 2.05) is 53.1 Å². The Morgan fingerprint density at radius 3 is 2.13 bits per heavy atom. The van der Waals surface area contributed by atoms with E-state index >= 15 is 0 Å². The number of amides is 1. The monoisotopic (exact) mass is 541 g/mol. The highest BCUT2D eigenvalue weighted by Gasteiger charge is 2.12. The summed E-state index contributed by atoms with van der Waals surface area (Å²) in [6, 6.07) is 18.2. The van der Waals surface area contributed by atoms with Crippen LogP contribution in [0.3, 0.4) is 0 Å². The van der Waals surface area contributed by atoms with E-state index in [9.17, 15) is 9.59 Å². The number of para-hydroxylation sites is 2. The fourth-order valence-corrected chi connectivity index (χ4v) is 5.00. The molecule has 1 amide bonds. The van der Waals surface area contributed by atoms with Gasteiger partial charge in [-0.1, -0.05) is 24.3 Å². The van der Waals surface area contributed by atoms with Gasteiger partial charge in [-0.05, 0) is 73.8 Å². The predicted octanol–water partition coefficient (Wildman–Crippen LogP) is 4.84. The number of methoxy groups -OCH3 is 1. The number of carbonyl (C=O) groups is 1. The first-order valence-electron chi connectivity index (χ1n) is 9.35. The Morgan fingerprint density at radius 1 is 1.03 bits per heavy atom. The van der Waals surface area contributed by atoms with Gasteiger partial charge in [-0.3, -0.25) is 9.59 Å². The third-order valence-electron chi connectivity index (χ3n) is 4.81. The summed E-state index contributed by atoms with van der Waals surface area (Å²) in [5.41, 5.74) is 4.70. The molecule has 4 aromatic rings. The second-order valence-corrected chi connectivity index (χ2v) is 8.47. The van der Waals surface area contributed by atoms with Crippen LogP contribution in [0.2, 0.25) is 0 Å². The average Bonchev–Trinajstić information content (AvgIpc) is 2.76. The lowest BCUT2D eigenvalue weighted by Crippen LogP contribution is -2.25. The number of nitrogens with zero attached hydrogens (tertiary/aromatic N) is 2. The van der Waals surface area contributed by atoms with Crippen LogP contribution in [0.25, 0.3) is 21.8 Å². The summed E-state index contributed by atoms with van der Waals surface area (Å²) in [5, 5.41) is 5.22. The van der Waals surface area contributed by atoms with Gasteiger partial charge in [-0.25, -0.2) is 5.43 Å². The fourth-order valence-electron chi connectivity index (χ4n) is 3.45. The molecule has 8 heteroatoms. The number of carbonyl (C=O) groups excluding carboxylic acids is 1. The molecule has 6 nitrogen and oxygen atoms in total. The van der Waals surface area contributed by atoms with Gasteiger partial charge < -0.3 is 9.30 Å². The quantitative estimate of drug-likeness (QED) is 0.223. The van der Waals surface area contributed by atoms with Gasteiger partial charge in [0.05, 0.1) is 33.3 Å². The summed E-state index contributed by atoms with van der Waals surface area (Å²) in [6.07, 6.45) is 1.55. The molecule has 0 spiro atoms. The molecule has 0 saturated carbocycles. The predicted molar refractivity (Wildman–Crippen MR) is 130 cm³/mol. The lowest BCUT2D eigenvalue weighted by atomic mass is 10.1. The second kappa shape index (κ2) is 9.03. The van der Waals surface area contributed by atoms with Crippen molar-refractivity contribution in [1.82, 2.24) is 9.99 Å². The first-order valence-corrected chi connectivity index (χ1v) is 10.9. The molecule has 1 N–H and O–H groups in total. The normalized spacial score (nSPS) is 11.3. The van der Waals surface area contributed by atoms with Crippen molar-refractivity contribution in [3.8, 4) is 5.75 Å². The summed E-state index contributed by atoms with van der Waals surface area (Å²) in [6.45, 7) is 0.0225. The molecule has 0 radical (unpaired) electrons. The van der Waals surface area contributed by atoms with Crippen molar-refractivity contribution >= 4 is 65.8 Å². The SMILES string of the molecule is COc1c(Br)cc(/C=N/NC(=O)Cn2c3ccccc3c(=O)c3ccccc32)cc1Br. The van der Waals surface area contributed by atoms with Gasteiger partial charge in [-0.15, -0.1) is 0 Å². The fraction of sp³-hybridized carbons (Fsp3) is 0.0870. The van der Waals surface area contributed by atoms with E-state index in [4.69, 9.17) is 4.74 Å². The first-order chi connectivity index (χ1) is 15.0. The van der Waals surface area contributed by atoms with Gasteiger partial charge in [0.1, 0.15) is 12.3 Å². The Balaban J connectivity index is 1.61. The molecule has 3 aromatic carbocycles. The molecule has 0 bridgehead atoms. The van der Waals surface area contributed by atoms with Crippen LogP contribution >= 0.6 is 31.9 Å². The molecular weight excluding hydrogens is 526 g/mol. The first kappa shape index (κ1) is 21.3. The maximum Gasteiger partial charge on any atom is 0.260 e. The number of hydrazone groups is 1. The van der Waals surface area contributed by atoms with Crippen molar-refractivity contribution in [3.63, 3.8) is 0 Å². The number of halogens is 2. The number of benzene rings is 3. The summed E-state index contributed by atoms with van der Waals surface area (Å²) in [4.78, 5) is 25.4. The molecular formula is C23H17Br2N3O3. The van der Waals surface area contributed by atoms with Crippen LogP contribution in [0.5, 0.6) is 5.75 Å². The Morgan fingerprint density at radius 2 is 1.58 bits per heavy atom. The van der Waals surface area contributed by atoms with E-state index in [-0.39, 0.29) is 17.9 Å². The smallest absolute Gasteiger partial charge is 0.260 e. The number of hydrogen-bond donors (Lipinski definition) is 1. The highest BCUT2D eigenvalue weighted by atomic mass is 79.9. The molecule has 31 heavy (non-hydrogen) atoms. The molecule has 4 rings (SSSR count). The second-order valence-electron chi connectivity index (χ2n) is 6.76. The number of hydrogen-bond acceptors (Lipinski definition) is 4. The molecule has 0 fully saturated rings. The Kier molecular flexibility index (Phi) is 6.20. The van der Waals surface area contributed by atoms with E-state index in [1.54, 1.807) is 25.5 Å². The van der Waals surface area contributed by atoms with E-state index in [0.717, 1.165) is 14.5 Å². The van der Waals surface area contributed by atoms with Gasteiger partial charge in [-0.2, -0.15) is 5.10 Å². The molecule has 0 unspecified atom stereocenters. The zero-order valence-electron chi connectivity index (χ0n) is 16.4. The number of pyridine rings is 1. The van der Waals surface area contributed by atoms with Gasteiger partial charge in [0.2, 0.25) is 0 Å². The number of fused-ring (bicyclic) bond motifs is 2. The van der Waals surface area contributed by atoms with E-state index in [2.05, 4.69) is 42.4 Å². The summed E-state index contributed by atoms with van der Waals surface area (Å²) < 4.78 is 8.65. The number of nitrogens with one attached hydrogen (secondary N) is 1. The minimum atomic E-state index is -0.304. The third-order valence-corrected chi connectivity index (χ3v) is 5.99. The molecule has 0 atom stereocenters. The highest BCUT2D eigenvalue weighted by Crippen LogP contribution is 2.33. The molecule has 0 saturated heterocycles. The van der Waals surface area contributed by atoms with Crippen LogP contribution in [0, 0.1) is 0 Å². The number of rotatable bonds is 5. The molecule has 0 aliphatic heterocycles. The minimum absolute atomic E-state index is 0.0225. The van der Waals surface area contributed by atoms with E-state index < -0.39 is 0 Å². The molecule has 1 aromatic heterocycles. The van der Waals surface area contributed by atoms with Gasteiger partial charge >= 0.3 is 0 Å². The van der Waals surface area contributed by atoms with Gasteiger partial charge in [0.15, 0.2) is 5.43 Å². The molecule has 1 heterocycles. The summed E-state index contributed by atoms with van der Waals surface area (Å²) in [5.74, 6) is 0.375. The third kappa shape index (κ3) is 4.26. The Hall–Kier alpha value is -2.97. The topological polar surface area (TPSA) is 72.7 Å².